The Morgan fingerprint density at radius 1 is 1.54 bits per heavy atom. The molecule has 13 heavy (non-hydrogen) atoms. The molecule has 3 N–H and O–H groups in total. The topological polar surface area (TPSA) is 71.8 Å². The molecule has 0 atom stereocenters. The number of thiophene rings is 1. The van der Waals surface area contributed by atoms with E-state index in [1.807, 2.05) is 17.5 Å². The molecular weight excluding hydrogens is 186 g/mol. The third-order valence-corrected chi connectivity index (χ3v) is 2.39. The summed E-state index contributed by atoms with van der Waals surface area (Å²) in [5, 5.41) is 1.92. The molecule has 0 amide bonds. The molecule has 5 heteroatoms. The van der Waals surface area contributed by atoms with Gasteiger partial charge in [-0.3, -0.25) is 4.79 Å². The second kappa shape index (κ2) is 3.02. The van der Waals surface area contributed by atoms with Gasteiger partial charge in [-0.1, -0.05) is 6.07 Å². The van der Waals surface area contributed by atoms with E-state index in [-0.39, 0.29) is 11.4 Å². The maximum Gasteiger partial charge on any atom is 0.253 e. The van der Waals surface area contributed by atoms with E-state index in [2.05, 4.69) is 9.97 Å². The molecule has 4 nitrogen and oxygen atoms in total. The number of nitrogens with two attached hydrogens (primary N) is 1. The lowest BCUT2D eigenvalue weighted by atomic mass is 10.4. The van der Waals surface area contributed by atoms with E-state index < -0.39 is 0 Å². The average molecular weight is 193 g/mol. The zero-order chi connectivity index (χ0) is 9.26. The Morgan fingerprint density at radius 3 is 3.00 bits per heavy atom. The van der Waals surface area contributed by atoms with Crippen LogP contribution in [0.3, 0.4) is 0 Å². The molecule has 0 radical (unpaired) electrons. The van der Waals surface area contributed by atoms with Crippen LogP contribution in [0, 0.1) is 0 Å². The van der Waals surface area contributed by atoms with E-state index in [4.69, 9.17) is 5.73 Å². The molecule has 2 aromatic heterocycles. The van der Waals surface area contributed by atoms with Gasteiger partial charge in [0.2, 0.25) is 0 Å². The van der Waals surface area contributed by atoms with Crippen LogP contribution in [0.5, 0.6) is 0 Å². The fourth-order valence-corrected chi connectivity index (χ4v) is 1.68. The minimum Gasteiger partial charge on any atom is -0.383 e. The zero-order valence-corrected chi connectivity index (χ0v) is 7.47. The summed E-state index contributed by atoms with van der Waals surface area (Å²) in [4.78, 5) is 18.6. The van der Waals surface area contributed by atoms with Gasteiger partial charge in [-0.15, -0.1) is 11.3 Å². The van der Waals surface area contributed by atoms with Crippen molar-refractivity contribution < 1.29 is 0 Å². The highest BCUT2D eigenvalue weighted by atomic mass is 32.1. The molecule has 0 saturated carbocycles. The van der Waals surface area contributed by atoms with Crippen molar-refractivity contribution in [3.05, 3.63) is 33.9 Å². The number of aromatic amines is 1. The maximum absolute atomic E-state index is 11.0. The quantitative estimate of drug-likeness (QED) is 0.711. The van der Waals surface area contributed by atoms with Gasteiger partial charge in [-0.05, 0) is 11.4 Å². The first-order chi connectivity index (χ1) is 6.25. The number of hydrogen-bond acceptors (Lipinski definition) is 4. The number of H-pyrrole nitrogens is 1. The Bertz CT molecular complexity index is 460. The molecular formula is C8H7N3OS. The van der Waals surface area contributed by atoms with E-state index in [0.717, 1.165) is 4.88 Å². The van der Waals surface area contributed by atoms with Crippen LogP contribution >= 0.6 is 11.3 Å². The van der Waals surface area contributed by atoms with Gasteiger partial charge >= 0.3 is 0 Å². The summed E-state index contributed by atoms with van der Waals surface area (Å²) in [6.07, 6.45) is 0. The van der Waals surface area contributed by atoms with Crippen LogP contribution < -0.4 is 11.3 Å². The summed E-state index contributed by atoms with van der Waals surface area (Å²) >= 11 is 1.51. The fourth-order valence-electron chi connectivity index (χ4n) is 1.01. The number of nitrogens with zero attached hydrogens (tertiary/aromatic N) is 1. The largest absolute Gasteiger partial charge is 0.383 e. The first-order valence-electron chi connectivity index (χ1n) is 3.66. The molecule has 2 aromatic rings. The van der Waals surface area contributed by atoms with E-state index >= 15 is 0 Å². The molecule has 0 spiro atoms. The summed E-state index contributed by atoms with van der Waals surface area (Å²) in [5.41, 5.74) is 5.21. The average Bonchev–Trinajstić information content (AvgIpc) is 2.53. The lowest BCUT2D eigenvalue weighted by Crippen LogP contribution is -2.09. The summed E-state index contributed by atoms with van der Waals surface area (Å²) in [7, 11) is 0. The van der Waals surface area contributed by atoms with Gasteiger partial charge in [-0.25, -0.2) is 4.98 Å². The minimum atomic E-state index is -0.226. The Labute approximate surface area is 78.1 Å². The Hall–Kier alpha value is -1.62. The Balaban J connectivity index is 2.59. The van der Waals surface area contributed by atoms with Gasteiger partial charge < -0.3 is 10.7 Å². The number of hydrogen-bond donors (Lipinski definition) is 2. The Kier molecular flexibility index (Phi) is 1.86. The van der Waals surface area contributed by atoms with Gasteiger partial charge in [0, 0.05) is 6.07 Å². The van der Waals surface area contributed by atoms with Crippen molar-refractivity contribution in [1.29, 1.82) is 0 Å². The summed E-state index contributed by atoms with van der Waals surface area (Å²) in [5.74, 6) is 0.771. The fraction of sp³-hybridized carbons (Fsp3) is 0. The molecule has 0 aliphatic carbocycles. The number of aromatic nitrogens is 2. The van der Waals surface area contributed by atoms with Gasteiger partial charge in [0.1, 0.15) is 5.82 Å². The molecule has 2 heterocycles. The molecule has 66 valence electrons. The van der Waals surface area contributed by atoms with Crippen molar-refractivity contribution in [1.82, 2.24) is 9.97 Å². The van der Waals surface area contributed by atoms with Crippen LogP contribution in [0.15, 0.2) is 28.4 Å². The van der Waals surface area contributed by atoms with Gasteiger partial charge in [0.25, 0.3) is 5.56 Å². The van der Waals surface area contributed by atoms with Crippen molar-refractivity contribution in [2.45, 2.75) is 0 Å². The number of rotatable bonds is 1. The minimum absolute atomic E-state index is 0.226. The third kappa shape index (κ3) is 1.59. The van der Waals surface area contributed by atoms with Crippen molar-refractivity contribution >= 4 is 17.2 Å². The van der Waals surface area contributed by atoms with Crippen molar-refractivity contribution in [3.8, 4) is 10.7 Å². The second-order valence-corrected chi connectivity index (χ2v) is 3.44. The van der Waals surface area contributed by atoms with Crippen LogP contribution in [0.1, 0.15) is 0 Å². The molecule has 0 aromatic carbocycles. The van der Waals surface area contributed by atoms with E-state index in [9.17, 15) is 4.79 Å². The standard InChI is InChI=1S/C8H7N3OS/c9-6-4-7(12)11-8(10-6)5-2-1-3-13-5/h1-4H,(H3,9,10,11,12). The highest BCUT2D eigenvalue weighted by molar-refractivity contribution is 7.13. The number of nitrogens with one attached hydrogen (secondary N) is 1. The third-order valence-electron chi connectivity index (χ3n) is 1.52. The van der Waals surface area contributed by atoms with Crippen LogP contribution in [-0.2, 0) is 0 Å². The molecule has 0 saturated heterocycles. The predicted molar refractivity (Wildman–Crippen MR) is 52.6 cm³/mol. The first kappa shape index (κ1) is 8.00. The van der Waals surface area contributed by atoms with Gasteiger partial charge in [0.15, 0.2) is 5.82 Å². The highest BCUT2D eigenvalue weighted by Gasteiger charge is 2.01. The normalized spacial score (nSPS) is 10.2. The van der Waals surface area contributed by atoms with Gasteiger partial charge in [0.05, 0.1) is 4.88 Å². The summed E-state index contributed by atoms with van der Waals surface area (Å²) < 4.78 is 0. The smallest absolute Gasteiger partial charge is 0.253 e. The van der Waals surface area contributed by atoms with E-state index in [1.54, 1.807) is 0 Å². The van der Waals surface area contributed by atoms with Crippen molar-refractivity contribution in [2.24, 2.45) is 0 Å². The maximum atomic E-state index is 11.0. The van der Waals surface area contributed by atoms with Gasteiger partial charge in [-0.2, -0.15) is 0 Å². The van der Waals surface area contributed by atoms with Crippen LogP contribution in [-0.4, -0.2) is 9.97 Å². The lowest BCUT2D eigenvalue weighted by Gasteiger charge is -1.96. The second-order valence-electron chi connectivity index (χ2n) is 2.50. The van der Waals surface area contributed by atoms with Crippen LogP contribution in [0.4, 0.5) is 5.82 Å². The van der Waals surface area contributed by atoms with Crippen molar-refractivity contribution in [2.75, 3.05) is 5.73 Å². The van der Waals surface area contributed by atoms with Crippen LogP contribution in [0.2, 0.25) is 0 Å². The zero-order valence-electron chi connectivity index (χ0n) is 6.65. The lowest BCUT2D eigenvalue weighted by molar-refractivity contribution is 1.14. The molecule has 0 fully saturated rings. The SMILES string of the molecule is Nc1cc(=O)[nH]c(-c2cccs2)n1. The molecule has 0 unspecified atom stereocenters. The highest BCUT2D eigenvalue weighted by Crippen LogP contribution is 2.19. The summed E-state index contributed by atoms with van der Waals surface area (Å²) in [6, 6.07) is 5.03. The predicted octanol–water partition coefficient (Wildman–Crippen LogP) is 1.08. The monoisotopic (exact) mass is 193 g/mol. The summed E-state index contributed by atoms with van der Waals surface area (Å²) in [6.45, 7) is 0. The molecule has 0 aliphatic heterocycles. The first-order valence-corrected chi connectivity index (χ1v) is 4.54. The molecule has 0 bridgehead atoms. The molecule has 2 rings (SSSR count). The van der Waals surface area contributed by atoms with E-state index in [0.29, 0.717) is 5.82 Å². The number of anilines is 1. The van der Waals surface area contributed by atoms with Crippen molar-refractivity contribution in [3.63, 3.8) is 0 Å². The number of nitrogen functional groups attached to an aromatic ring is 1. The van der Waals surface area contributed by atoms with E-state index in [1.165, 1.54) is 17.4 Å². The molecule has 0 aliphatic rings. The Morgan fingerprint density at radius 2 is 2.38 bits per heavy atom. The van der Waals surface area contributed by atoms with Crippen LogP contribution in [0.25, 0.3) is 10.7 Å².